The summed E-state index contributed by atoms with van der Waals surface area (Å²) in [6.07, 6.45) is 0.463. The molecule has 15 heavy (non-hydrogen) atoms. The summed E-state index contributed by atoms with van der Waals surface area (Å²) in [6.45, 7) is 1.82. The van der Waals surface area contributed by atoms with Gasteiger partial charge in [0.25, 0.3) is 0 Å². The van der Waals surface area contributed by atoms with Gasteiger partial charge in [-0.1, -0.05) is 19.1 Å². The van der Waals surface area contributed by atoms with E-state index >= 15 is 0 Å². The molecular weight excluding hydrogens is 190 g/mol. The van der Waals surface area contributed by atoms with Crippen molar-refractivity contribution in [3.05, 3.63) is 24.3 Å². The molecule has 1 N–H and O–H groups in total. The van der Waals surface area contributed by atoms with Crippen molar-refractivity contribution in [1.29, 1.82) is 0 Å². The molecule has 4 heteroatoms. The molecule has 1 heterocycles. The molecule has 0 aliphatic rings. The minimum Gasteiger partial charge on any atom is -0.309 e. The van der Waals surface area contributed by atoms with Gasteiger partial charge >= 0.3 is 0 Å². The third kappa shape index (κ3) is 1.70. The zero-order valence-corrected chi connectivity index (χ0v) is 8.82. The van der Waals surface area contributed by atoms with E-state index in [1.807, 2.05) is 38.2 Å². The summed E-state index contributed by atoms with van der Waals surface area (Å²) in [6, 6.07) is 7.82. The highest BCUT2D eigenvalue weighted by Crippen LogP contribution is 2.21. The van der Waals surface area contributed by atoms with E-state index < -0.39 is 0 Å². The van der Waals surface area contributed by atoms with Crippen LogP contribution in [0.3, 0.4) is 0 Å². The number of nitrogens with zero attached hydrogens (tertiary/aromatic N) is 2. The van der Waals surface area contributed by atoms with E-state index in [2.05, 4.69) is 10.4 Å². The Morgan fingerprint density at radius 2 is 2.20 bits per heavy atom. The van der Waals surface area contributed by atoms with Crippen molar-refractivity contribution in [2.24, 2.45) is 7.05 Å². The predicted molar refractivity (Wildman–Crippen MR) is 59.6 cm³/mol. The highest BCUT2D eigenvalue weighted by Gasteiger charge is 2.09. The summed E-state index contributed by atoms with van der Waals surface area (Å²) in [4.78, 5) is 11.3. The lowest BCUT2D eigenvalue weighted by molar-refractivity contribution is -0.115. The molecule has 1 amide bonds. The van der Waals surface area contributed by atoms with E-state index in [1.165, 1.54) is 0 Å². The third-order valence-electron chi connectivity index (χ3n) is 2.34. The first-order chi connectivity index (χ1) is 7.22. The van der Waals surface area contributed by atoms with Gasteiger partial charge in [0, 0.05) is 18.9 Å². The van der Waals surface area contributed by atoms with Crippen LogP contribution in [0, 0.1) is 0 Å². The van der Waals surface area contributed by atoms with Crippen LogP contribution in [-0.4, -0.2) is 15.7 Å². The Labute approximate surface area is 87.9 Å². The van der Waals surface area contributed by atoms with Crippen LogP contribution in [0.15, 0.2) is 24.3 Å². The molecule has 0 atom stereocenters. The molecule has 0 spiro atoms. The maximum absolute atomic E-state index is 11.3. The molecule has 0 aliphatic carbocycles. The van der Waals surface area contributed by atoms with Crippen molar-refractivity contribution in [3.8, 4) is 0 Å². The van der Waals surface area contributed by atoms with Crippen molar-refractivity contribution in [2.75, 3.05) is 5.32 Å². The lowest BCUT2D eigenvalue weighted by Gasteiger charge is -1.98. The van der Waals surface area contributed by atoms with Crippen LogP contribution in [0.5, 0.6) is 0 Å². The van der Waals surface area contributed by atoms with Gasteiger partial charge in [-0.3, -0.25) is 9.48 Å². The lowest BCUT2D eigenvalue weighted by Crippen LogP contribution is -2.10. The Morgan fingerprint density at radius 1 is 1.47 bits per heavy atom. The number of aryl methyl sites for hydroxylation is 1. The van der Waals surface area contributed by atoms with Crippen LogP contribution in [0.1, 0.15) is 13.3 Å². The molecule has 0 unspecified atom stereocenters. The van der Waals surface area contributed by atoms with Gasteiger partial charge in [0.1, 0.15) is 0 Å². The molecule has 0 saturated heterocycles. The van der Waals surface area contributed by atoms with E-state index in [1.54, 1.807) is 4.68 Å². The fraction of sp³-hybridized carbons (Fsp3) is 0.273. The number of aromatic nitrogens is 2. The van der Waals surface area contributed by atoms with E-state index in [0.29, 0.717) is 12.2 Å². The van der Waals surface area contributed by atoms with Gasteiger partial charge in [0.15, 0.2) is 5.82 Å². The number of fused-ring (bicyclic) bond motifs is 1. The fourth-order valence-corrected chi connectivity index (χ4v) is 1.53. The van der Waals surface area contributed by atoms with Gasteiger partial charge in [0.2, 0.25) is 5.91 Å². The quantitative estimate of drug-likeness (QED) is 0.810. The number of rotatable bonds is 2. The SMILES string of the molecule is CCC(=O)Nc1nn(C)c2ccccc12. The summed E-state index contributed by atoms with van der Waals surface area (Å²) in [5, 5.41) is 8.02. The van der Waals surface area contributed by atoms with Gasteiger partial charge < -0.3 is 5.32 Å². The summed E-state index contributed by atoms with van der Waals surface area (Å²) in [7, 11) is 1.87. The number of amides is 1. The largest absolute Gasteiger partial charge is 0.309 e. The molecule has 0 fully saturated rings. The van der Waals surface area contributed by atoms with Crippen LogP contribution in [0.4, 0.5) is 5.82 Å². The average Bonchev–Trinajstić information content (AvgIpc) is 2.57. The zero-order chi connectivity index (χ0) is 10.8. The Hall–Kier alpha value is -1.84. The number of carbonyl (C=O) groups excluding carboxylic acids is 1. The highest BCUT2D eigenvalue weighted by molar-refractivity contribution is 5.99. The zero-order valence-electron chi connectivity index (χ0n) is 8.82. The number of nitrogens with one attached hydrogen (secondary N) is 1. The van der Waals surface area contributed by atoms with Gasteiger partial charge in [-0.15, -0.1) is 0 Å². The first-order valence-electron chi connectivity index (χ1n) is 4.94. The van der Waals surface area contributed by atoms with E-state index in [-0.39, 0.29) is 5.91 Å². The van der Waals surface area contributed by atoms with E-state index in [9.17, 15) is 4.79 Å². The van der Waals surface area contributed by atoms with Crippen molar-refractivity contribution in [1.82, 2.24) is 9.78 Å². The normalized spacial score (nSPS) is 10.5. The second-order valence-electron chi connectivity index (χ2n) is 3.39. The molecule has 78 valence electrons. The molecular formula is C11H13N3O. The van der Waals surface area contributed by atoms with Crippen molar-refractivity contribution in [3.63, 3.8) is 0 Å². The molecule has 1 aromatic heterocycles. The molecule has 2 rings (SSSR count). The number of para-hydroxylation sites is 1. The van der Waals surface area contributed by atoms with Crippen LogP contribution in [0.2, 0.25) is 0 Å². The summed E-state index contributed by atoms with van der Waals surface area (Å²) in [5.41, 5.74) is 1.02. The van der Waals surface area contributed by atoms with Crippen LogP contribution in [0.25, 0.3) is 10.9 Å². The Morgan fingerprint density at radius 3 is 2.93 bits per heavy atom. The molecule has 0 saturated carbocycles. The first kappa shape index (κ1) is 9.71. The van der Waals surface area contributed by atoms with Crippen LogP contribution in [-0.2, 0) is 11.8 Å². The topological polar surface area (TPSA) is 46.9 Å². The molecule has 0 bridgehead atoms. The molecule has 1 aromatic carbocycles. The van der Waals surface area contributed by atoms with Crippen molar-refractivity contribution in [2.45, 2.75) is 13.3 Å². The fourth-order valence-electron chi connectivity index (χ4n) is 1.53. The highest BCUT2D eigenvalue weighted by atomic mass is 16.1. The number of hydrogen-bond donors (Lipinski definition) is 1. The minimum absolute atomic E-state index is 0.0150. The third-order valence-corrected chi connectivity index (χ3v) is 2.34. The van der Waals surface area contributed by atoms with Crippen LogP contribution < -0.4 is 5.32 Å². The minimum atomic E-state index is -0.0150. The monoisotopic (exact) mass is 203 g/mol. The van der Waals surface area contributed by atoms with Crippen LogP contribution >= 0.6 is 0 Å². The predicted octanol–water partition coefficient (Wildman–Crippen LogP) is 1.92. The average molecular weight is 203 g/mol. The summed E-state index contributed by atoms with van der Waals surface area (Å²) in [5.74, 6) is 0.624. The van der Waals surface area contributed by atoms with E-state index in [4.69, 9.17) is 0 Å². The second kappa shape index (κ2) is 3.73. The maximum Gasteiger partial charge on any atom is 0.225 e. The Balaban J connectivity index is 2.48. The van der Waals surface area contributed by atoms with Crippen molar-refractivity contribution >= 4 is 22.6 Å². The van der Waals surface area contributed by atoms with Gasteiger partial charge in [-0.25, -0.2) is 0 Å². The smallest absolute Gasteiger partial charge is 0.225 e. The number of anilines is 1. The number of hydrogen-bond acceptors (Lipinski definition) is 2. The van der Waals surface area contributed by atoms with E-state index in [0.717, 1.165) is 10.9 Å². The maximum atomic E-state index is 11.3. The molecule has 4 nitrogen and oxygen atoms in total. The number of benzene rings is 1. The summed E-state index contributed by atoms with van der Waals surface area (Å²) < 4.78 is 1.76. The first-order valence-corrected chi connectivity index (χ1v) is 4.94. The molecule has 0 radical (unpaired) electrons. The molecule has 0 aliphatic heterocycles. The molecule has 2 aromatic rings. The Bertz CT molecular complexity index is 502. The van der Waals surface area contributed by atoms with Crippen molar-refractivity contribution < 1.29 is 4.79 Å². The summed E-state index contributed by atoms with van der Waals surface area (Å²) >= 11 is 0. The van der Waals surface area contributed by atoms with Gasteiger partial charge in [-0.2, -0.15) is 5.10 Å². The lowest BCUT2D eigenvalue weighted by atomic mass is 10.2. The van der Waals surface area contributed by atoms with Gasteiger partial charge in [-0.05, 0) is 12.1 Å². The number of carbonyl (C=O) groups is 1. The Kier molecular flexibility index (Phi) is 2.41. The standard InChI is InChI=1S/C11H13N3O/c1-3-10(15)12-11-8-6-4-5-7-9(8)14(2)13-11/h4-7H,3H2,1-2H3,(H,12,13,15). The second-order valence-corrected chi connectivity index (χ2v) is 3.39. The van der Waals surface area contributed by atoms with Gasteiger partial charge in [0.05, 0.1) is 5.52 Å².